The quantitative estimate of drug-likeness (QED) is 0.452. The molecule has 2 aliphatic rings. The van der Waals surface area contributed by atoms with E-state index in [1.54, 1.807) is 20.4 Å². The molecular formula is C25H36FN7O3. The van der Waals surface area contributed by atoms with E-state index in [0.717, 1.165) is 30.9 Å². The molecule has 3 N–H and O–H groups in total. The molecule has 0 bridgehead atoms. The van der Waals surface area contributed by atoms with Crippen LogP contribution in [-0.4, -0.2) is 85.0 Å². The summed E-state index contributed by atoms with van der Waals surface area (Å²) in [5, 5.41) is 8.93. The number of hydrogen-bond donors (Lipinski definition) is 3. The summed E-state index contributed by atoms with van der Waals surface area (Å²) in [5.74, 6) is 1.54. The van der Waals surface area contributed by atoms with Gasteiger partial charge in [-0.15, -0.1) is 0 Å². The number of rotatable bonds is 10. The van der Waals surface area contributed by atoms with E-state index in [1.165, 1.54) is 6.20 Å². The van der Waals surface area contributed by atoms with Crippen LogP contribution in [0.15, 0.2) is 24.5 Å². The number of halogens is 1. The van der Waals surface area contributed by atoms with Crippen LogP contribution in [0.2, 0.25) is 0 Å². The number of piperidine rings is 1. The minimum Gasteiger partial charge on any atom is -0.495 e. The van der Waals surface area contributed by atoms with Crippen molar-refractivity contribution in [2.24, 2.45) is 5.92 Å². The Balaban J connectivity index is 1.35. The number of nitrogens with zero attached hydrogens (tertiary/aromatic N) is 4. The minimum atomic E-state index is -1.41. The first-order valence-electron chi connectivity index (χ1n) is 12.5. The smallest absolute Gasteiger partial charge is 0.256 e. The number of anilines is 2. The summed E-state index contributed by atoms with van der Waals surface area (Å²) in [7, 11) is 3.17. The van der Waals surface area contributed by atoms with E-state index in [2.05, 4.69) is 35.8 Å². The number of alkyl halides is 1. The number of hydrogen-bond acceptors (Lipinski definition) is 9. The van der Waals surface area contributed by atoms with Crippen LogP contribution in [0.4, 0.5) is 16.2 Å². The fraction of sp³-hybridized carbons (Fsp3) is 0.600. The number of amides is 1. The number of aromatic nitrogens is 3. The number of carbonyl (C=O) groups excluding carboxylic acids is 1. The second-order valence-electron chi connectivity index (χ2n) is 9.43. The Labute approximate surface area is 211 Å². The highest BCUT2D eigenvalue weighted by molar-refractivity contribution is 5.98. The van der Waals surface area contributed by atoms with Gasteiger partial charge in [0.05, 0.1) is 26.0 Å². The van der Waals surface area contributed by atoms with E-state index in [1.807, 2.05) is 12.1 Å². The molecule has 2 saturated heterocycles. The van der Waals surface area contributed by atoms with Crippen LogP contribution in [0.25, 0.3) is 0 Å². The highest BCUT2D eigenvalue weighted by atomic mass is 19.1. The average molecular weight is 502 g/mol. The van der Waals surface area contributed by atoms with Crippen LogP contribution in [0.3, 0.4) is 0 Å². The Morgan fingerprint density at radius 1 is 1.31 bits per heavy atom. The molecule has 4 rings (SSSR count). The first-order valence-corrected chi connectivity index (χ1v) is 12.5. The number of carbonyl (C=O) groups is 1. The number of likely N-dealkylation sites (tertiary alicyclic amines) is 1. The van der Waals surface area contributed by atoms with Crippen molar-refractivity contribution >= 4 is 17.7 Å². The highest BCUT2D eigenvalue weighted by Crippen LogP contribution is 2.29. The van der Waals surface area contributed by atoms with Gasteiger partial charge in [0, 0.05) is 52.2 Å². The molecule has 2 aromatic heterocycles. The van der Waals surface area contributed by atoms with Gasteiger partial charge in [0.1, 0.15) is 22.8 Å². The molecule has 2 fully saturated rings. The Kier molecular flexibility index (Phi) is 8.87. The summed E-state index contributed by atoms with van der Waals surface area (Å²) in [6.45, 7) is 4.07. The lowest BCUT2D eigenvalue weighted by atomic mass is 9.93. The summed E-state index contributed by atoms with van der Waals surface area (Å²) < 4.78 is 26.6. The van der Waals surface area contributed by atoms with E-state index in [0.29, 0.717) is 63.3 Å². The van der Waals surface area contributed by atoms with Crippen molar-refractivity contribution < 1.29 is 18.7 Å². The molecule has 36 heavy (non-hydrogen) atoms. The lowest BCUT2D eigenvalue weighted by Gasteiger charge is -2.36. The molecule has 0 aromatic carbocycles. The highest BCUT2D eigenvalue weighted by Gasteiger charge is 2.35. The molecule has 0 radical (unpaired) electrons. The second kappa shape index (κ2) is 12.3. The van der Waals surface area contributed by atoms with Gasteiger partial charge in [0.15, 0.2) is 0 Å². The van der Waals surface area contributed by atoms with E-state index in [4.69, 9.17) is 9.47 Å². The van der Waals surface area contributed by atoms with Crippen molar-refractivity contribution in [1.29, 1.82) is 0 Å². The molecule has 196 valence electrons. The molecule has 1 amide bonds. The predicted octanol–water partition coefficient (Wildman–Crippen LogP) is 2.49. The van der Waals surface area contributed by atoms with Gasteiger partial charge in [-0.2, -0.15) is 4.98 Å². The topological polar surface area (TPSA) is 114 Å². The fourth-order valence-corrected chi connectivity index (χ4v) is 4.58. The van der Waals surface area contributed by atoms with Crippen LogP contribution >= 0.6 is 0 Å². The van der Waals surface area contributed by atoms with Gasteiger partial charge >= 0.3 is 0 Å². The maximum Gasteiger partial charge on any atom is 0.256 e. The maximum atomic E-state index is 15.7. The van der Waals surface area contributed by atoms with Crippen molar-refractivity contribution in [2.75, 3.05) is 64.2 Å². The Morgan fingerprint density at radius 3 is 2.86 bits per heavy atom. The summed E-state index contributed by atoms with van der Waals surface area (Å²) in [6.07, 6.45) is 6.07. The van der Waals surface area contributed by atoms with Crippen LogP contribution < -0.4 is 20.7 Å². The summed E-state index contributed by atoms with van der Waals surface area (Å²) in [5.41, 5.74) is -0.282. The number of pyridine rings is 1. The molecule has 0 spiro atoms. The average Bonchev–Trinajstić information content (AvgIpc) is 2.92. The first kappa shape index (κ1) is 26.0. The van der Waals surface area contributed by atoms with Crippen LogP contribution in [0, 0.1) is 5.92 Å². The summed E-state index contributed by atoms with van der Waals surface area (Å²) >= 11 is 0. The SMILES string of the molecule is CNC(=O)c1cnc(NCC2CCCOC2)nc1NCC1(F)CCN(Cc2ncccc2OC)CC1. The zero-order chi connectivity index (χ0) is 25.4. The van der Waals surface area contributed by atoms with E-state index >= 15 is 4.39 Å². The predicted molar refractivity (Wildman–Crippen MR) is 135 cm³/mol. The Morgan fingerprint density at radius 2 is 2.14 bits per heavy atom. The van der Waals surface area contributed by atoms with Crippen molar-refractivity contribution in [2.45, 2.75) is 37.9 Å². The zero-order valence-electron chi connectivity index (χ0n) is 21.1. The Bertz CT molecular complexity index is 1010. The van der Waals surface area contributed by atoms with Crippen LogP contribution in [0.5, 0.6) is 5.75 Å². The monoisotopic (exact) mass is 501 g/mol. The van der Waals surface area contributed by atoms with Crippen molar-refractivity contribution in [3.63, 3.8) is 0 Å². The second-order valence-corrected chi connectivity index (χ2v) is 9.43. The minimum absolute atomic E-state index is 0.0602. The summed E-state index contributed by atoms with van der Waals surface area (Å²) in [4.78, 5) is 27.7. The normalized spacial score (nSPS) is 19.9. The van der Waals surface area contributed by atoms with Gasteiger partial charge in [0.25, 0.3) is 5.91 Å². The third-order valence-corrected chi connectivity index (χ3v) is 6.83. The summed E-state index contributed by atoms with van der Waals surface area (Å²) in [6, 6.07) is 3.72. The lowest BCUT2D eigenvalue weighted by molar-refractivity contribution is 0.0594. The van der Waals surface area contributed by atoms with Crippen molar-refractivity contribution in [3.8, 4) is 5.75 Å². The largest absolute Gasteiger partial charge is 0.495 e. The van der Waals surface area contributed by atoms with Crippen molar-refractivity contribution in [3.05, 3.63) is 35.8 Å². The zero-order valence-corrected chi connectivity index (χ0v) is 21.1. The van der Waals surface area contributed by atoms with Crippen LogP contribution in [0.1, 0.15) is 41.7 Å². The number of methoxy groups -OCH3 is 1. The lowest BCUT2D eigenvalue weighted by Crippen LogP contribution is -2.45. The Hall–Kier alpha value is -3.05. The molecule has 1 unspecified atom stereocenters. The molecule has 1 atom stereocenters. The molecule has 2 aliphatic heterocycles. The van der Waals surface area contributed by atoms with Gasteiger partial charge in [-0.25, -0.2) is 9.37 Å². The third kappa shape index (κ3) is 6.79. The molecular weight excluding hydrogens is 465 g/mol. The van der Waals surface area contributed by atoms with E-state index in [-0.39, 0.29) is 18.0 Å². The number of ether oxygens (including phenoxy) is 2. The third-order valence-electron chi connectivity index (χ3n) is 6.83. The fourth-order valence-electron chi connectivity index (χ4n) is 4.58. The first-order chi connectivity index (χ1) is 17.5. The van der Waals surface area contributed by atoms with E-state index in [9.17, 15) is 4.79 Å². The molecule has 0 aliphatic carbocycles. The standard InChI is InChI=1S/C25H36FN7O3/c1-27-23(34)19-14-30-24(29-13-18-5-4-12-36-16-18)32-22(19)31-17-25(26)7-10-33(11-8-25)15-20-21(35-2)6-3-9-28-20/h3,6,9,14,18H,4-5,7-8,10-13,15-17H2,1-2H3,(H,27,34)(H2,29,30,31,32). The molecule has 4 heterocycles. The van der Waals surface area contributed by atoms with Gasteiger partial charge in [-0.05, 0) is 43.7 Å². The van der Waals surface area contributed by atoms with Gasteiger partial charge < -0.3 is 25.4 Å². The van der Waals surface area contributed by atoms with Crippen LogP contribution in [-0.2, 0) is 11.3 Å². The maximum absolute atomic E-state index is 15.7. The van der Waals surface area contributed by atoms with E-state index < -0.39 is 5.67 Å². The molecule has 11 heteroatoms. The van der Waals surface area contributed by atoms with Gasteiger partial charge in [-0.3, -0.25) is 14.7 Å². The van der Waals surface area contributed by atoms with Crippen molar-refractivity contribution in [1.82, 2.24) is 25.2 Å². The molecule has 0 saturated carbocycles. The van der Waals surface area contributed by atoms with Gasteiger partial charge in [0.2, 0.25) is 5.95 Å². The van der Waals surface area contributed by atoms with Gasteiger partial charge in [-0.1, -0.05) is 0 Å². The molecule has 10 nitrogen and oxygen atoms in total. The molecule has 2 aromatic rings. The number of nitrogens with one attached hydrogen (secondary N) is 3.